The van der Waals surface area contributed by atoms with Crippen LogP contribution in [0.25, 0.3) is 22.5 Å². The monoisotopic (exact) mass is 640 g/mol. The van der Waals surface area contributed by atoms with Gasteiger partial charge in [-0.2, -0.15) is 0 Å². The molecule has 12 nitrogen and oxygen atoms in total. The number of imidazole rings is 2. The van der Waals surface area contributed by atoms with Crippen LogP contribution >= 0.6 is 0 Å². The molecule has 12 heteroatoms. The SMILES string of the molecule is CC(C)[C@H](NC(=O)c1ccc(-c2cnc[nH]2)cc1)C(=O)NCCCCCNC(=O)[C@@H](NC(=O)c1ccc(-c2cnc[nH]2)cc1)C(C)C. The van der Waals surface area contributed by atoms with E-state index in [2.05, 4.69) is 41.2 Å². The maximum atomic E-state index is 12.9. The lowest BCUT2D eigenvalue weighted by atomic mass is 10.0. The zero-order chi connectivity index (χ0) is 33.8. The Morgan fingerprint density at radius 1 is 0.596 bits per heavy atom. The van der Waals surface area contributed by atoms with Gasteiger partial charge >= 0.3 is 0 Å². The van der Waals surface area contributed by atoms with Crippen molar-refractivity contribution in [2.24, 2.45) is 11.8 Å². The van der Waals surface area contributed by atoms with Crippen molar-refractivity contribution in [1.29, 1.82) is 0 Å². The fraction of sp³-hybridized carbons (Fsp3) is 0.371. The number of nitrogens with zero attached hydrogens (tertiary/aromatic N) is 2. The van der Waals surface area contributed by atoms with Gasteiger partial charge in [0.15, 0.2) is 0 Å². The molecule has 248 valence electrons. The molecule has 0 saturated carbocycles. The molecule has 4 rings (SSSR count). The van der Waals surface area contributed by atoms with Crippen molar-refractivity contribution in [3.8, 4) is 22.5 Å². The van der Waals surface area contributed by atoms with E-state index in [1.165, 1.54) is 0 Å². The van der Waals surface area contributed by atoms with Crippen LogP contribution in [0.4, 0.5) is 0 Å². The summed E-state index contributed by atoms with van der Waals surface area (Å²) < 4.78 is 0. The third-order valence-electron chi connectivity index (χ3n) is 7.84. The van der Waals surface area contributed by atoms with Crippen LogP contribution in [0.1, 0.15) is 67.7 Å². The Morgan fingerprint density at radius 3 is 1.30 bits per heavy atom. The van der Waals surface area contributed by atoms with Crippen molar-refractivity contribution in [2.75, 3.05) is 13.1 Å². The lowest BCUT2D eigenvalue weighted by molar-refractivity contribution is -0.124. The van der Waals surface area contributed by atoms with E-state index in [0.717, 1.165) is 28.9 Å². The third-order valence-corrected chi connectivity index (χ3v) is 7.84. The van der Waals surface area contributed by atoms with Crippen molar-refractivity contribution >= 4 is 23.6 Å². The summed E-state index contributed by atoms with van der Waals surface area (Å²) in [6.07, 6.45) is 8.82. The zero-order valence-corrected chi connectivity index (χ0v) is 27.3. The maximum Gasteiger partial charge on any atom is 0.251 e. The molecule has 0 unspecified atom stereocenters. The molecular formula is C35H44N8O4. The summed E-state index contributed by atoms with van der Waals surface area (Å²) in [5, 5.41) is 11.6. The number of H-pyrrole nitrogens is 2. The molecule has 0 radical (unpaired) electrons. The van der Waals surface area contributed by atoms with Gasteiger partial charge in [0.2, 0.25) is 11.8 Å². The first kappa shape index (κ1) is 34.6. The Hall–Kier alpha value is -5.26. The number of unbranched alkanes of at least 4 members (excludes halogenated alkanes) is 2. The van der Waals surface area contributed by atoms with Crippen molar-refractivity contribution in [2.45, 2.75) is 59.0 Å². The quantitative estimate of drug-likeness (QED) is 0.101. The molecule has 0 aliphatic carbocycles. The number of aromatic amines is 2. The second kappa shape index (κ2) is 16.9. The molecule has 4 aromatic rings. The average molecular weight is 641 g/mol. The number of carbonyl (C=O) groups excluding carboxylic acids is 4. The molecule has 47 heavy (non-hydrogen) atoms. The van der Waals surface area contributed by atoms with Gasteiger partial charge in [-0.1, -0.05) is 52.0 Å². The van der Waals surface area contributed by atoms with Gasteiger partial charge in [0.1, 0.15) is 12.1 Å². The van der Waals surface area contributed by atoms with Gasteiger partial charge < -0.3 is 31.2 Å². The molecule has 0 fully saturated rings. The Labute approximate surface area is 275 Å². The van der Waals surface area contributed by atoms with E-state index in [9.17, 15) is 19.2 Å². The smallest absolute Gasteiger partial charge is 0.251 e. The number of carbonyl (C=O) groups is 4. The predicted octanol–water partition coefficient (Wildman–Crippen LogP) is 4.08. The van der Waals surface area contributed by atoms with Gasteiger partial charge in [-0.15, -0.1) is 0 Å². The van der Waals surface area contributed by atoms with Crippen molar-refractivity contribution in [3.63, 3.8) is 0 Å². The van der Waals surface area contributed by atoms with Crippen LogP contribution < -0.4 is 21.3 Å². The van der Waals surface area contributed by atoms with E-state index in [4.69, 9.17) is 0 Å². The first-order chi connectivity index (χ1) is 22.6. The minimum atomic E-state index is -0.675. The van der Waals surface area contributed by atoms with Crippen LogP contribution in [0.15, 0.2) is 73.6 Å². The number of hydrogen-bond donors (Lipinski definition) is 6. The predicted molar refractivity (Wildman–Crippen MR) is 180 cm³/mol. The van der Waals surface area contributed by atoms with E-state index in [1.807, 2.05) is 52.0 Å². The number of nitrogens with one attached hydrogen (secondary N) is 6. The highest BCUT2D eigenvalue weighted by molar-refractivity contribution is 5.98. The maximum absolute atomic E-state index is 12.9. The first-order valence-electron chi connectivity index (χ1n) is 16.0. The Balaban J connectivity index is 1.14. The summed E-state index contributed by atoms with van der Waals surface area (Å²) in [4.78, 5) is 65.6. The third kappa shape index (κ3) is 9.86. The fourth-order valence-electron chi connectivity index (χ4n) is 5.02. The lowest BCUT2D eigenvalue weighted by Crippen LogP contribution is -2.50. The van der Waals surface area contributed by atoms with Crippen LogP contribution in [0.5, 0.6) is 0 Å². The van der Waals surface area contributed by atoms with Crippen LogP contribution in [0, 0.1) is 11.8 Å². The first-order valence-corrected chi connectivity index (χ1v) is 16.0. The van der Waals surface area contributed by atoms with Crippen molar-refractivity contribution in [1.82, 2.24) is 41.2 Å². The molecule has 0 saturated heterocycles. The van der Waals surface area contributed by atoms with Crippen LogP contribution in [0.2, 0.25) is 0 Å². The minimum Gasteiger partial charge on any atom is -0.354 e. The number of amides is 4. The number of rotatable bonds is 16. The van der Waals surface area contributed by atoms with Crippen molar-refractivity contribution < 1.29 is 19.2 Å². The molecule has 2 atom stereocenters. The van der Waals surface area contributed by atoms with Gasteiger partial charge in [-0.05, 0) is 66.5 Å². The molecular weight excluding hydrogens is 596 g/mol. The Morgan fingerprint density at radius 2 is 0.979 bits per heavy atom. The molecule has 4 amide bonds. The zero-order valence-electron chi connectivity index (χ0n) is 27.3. The summed E-state index contributed by atoms with van der Waals surface area (Å²) in [7, 11) is 0. The van der Waals surface area contributed by atoms with Gasteiger partial charge in [-0.25, -0.2) is 9.97 Å². The summed E-state index contributed by atoms with van der Waals surface area (Å²) in [5.41, 5.74) is 4.46. The van der Waals surface area contributed by atoms with E-state index in [1.54, 1.807) is 49.3 Å². The molecule has 0 spiro atoms. The highest BCUT2D eigenvalue weighted by Gasteiger charge is 2.25. The highest BCUT2D eigenvalue weighted by Crippen LogP contribution is 2.18. The van der Waals surface area contributed by atoms with Gasteiger partial charge in [0.05, 0.1) is 36.4 Å². The fourth-order valence-corrected chi connectivity index (χ4v) is 5.02. The summed E-state index contributed by atoms with van der Waals surface area (Å²) in [6.45, 7) is 8.46. The van der Waals surface area contributed by atoms with Crippen LogP contribution in [-0.2, 0) is 9.59 Å². The van der Waals surface area contributed by atoms with Gasteiger partial charge in [-0.3, -0.25) is 19.2 Å². The van der Waals surface area contributed by atoms with E-state index < -0.39 is 12.1 Å². The molecule has 0 bridgehead atoms. The Kier molecular flexibility index (Phi) is 12.4. The molecule has 2 heterocycles. The van der Waals surface area contributed by atoms with E-state index in [0.29, 0.717) is 37.1 Å². The van der Waals surface area contributed by atoms with Gasteiger partial charge in [0.25, 0.3) is 11.8 Å². The van der Waals surface area contributed by atoms with Gasteiger partial charge in [0, 0.05) is 24.2 Å². The number of benzene rings is 2. The molecule has 2 aromatic heterocycles. The molecule has 2 aromatic carbocycles. The summed E-state index contributed by atoms with van der Waals surface area (Å²) >= 11 is 0. The molecule has 0 aliphatic heterocycles. The average Bonchev–Trinajstić information content (AvgIpc) is 3.81. The Bertz CT molecular complexity index is 1460. The topological polar surface area (TPSA) is 174 Å². The number of hydrogen-bond acceptors (Lipinski definition) is 6. The summed E-state index contributed by atoms with van der Waals surface area (Å²) in [5.74, 6) is -1.30. The highest BCUT2D eigenvalue weighted by atomic mass is 16.2. The normalized spacial score (nSPS) is 12.4. The van der Waals surface area contributed by atoms with Crippen LogP contribution in [0.3, 0.4) is 0 Å². The molecule has 6 N–H and O–H groups in total. The van der Waals surface area contributed by atoms with E-state index in [-0.39, 0.29) is 35.5 Å². The standard InChI is InChI=1S/C35H44N8O4/c1-22(2)30(42-32(44)26-12-8-24(9-13-26)28-18-36-20-40-28)34(46)38-16-6-5-7-17-39-35(47)31(23(3)4)43-33(45)27-14-10-25(11-15-27)29-19-37-21-41-29/h8-15,18-23,30-31H,5-7,16-17H2,1-4H3,(H,36,40)(H,37,41)(H,38,46)(H,39,47)(H,42,44)(H,43,45)/t30-,31-/m0/s1. The second-order valence-corrected chi connectivity index (χ2v) is 12.1. The van der Waals surface area contributed by atoms with Crippen LogP contribution in [-0.4, -0.2) is 68.7 Å². The minimum absolute atomic E-state index is 0.103. The number of aromatic nitrogens is 4. The largest absolute Gasteiger partial charge is 0.354 e. The lowest BCUT2D eigenvalue weighted by Gasteiger charge is -2.22. The molecule has 0 aliphatic rings. The second-order valence-electron chi connectivity index (χ2n) is 12.1. The van der Waals surface area contributed by atoms with Crippen molar-refractivity contribution in [3.05, 3.63) is 84.7 Å². The van der Waals surface area contributed by atoms with E-state index >= 15 is 0 Å². The summed E-state index contributed by atoms with van der Waals surface area (Å²) in [6, 6.07) is 12.9.